The fourth-order valence-corrected chi connectivity index (χ4v) is 1.45. The van der Waals surface area contributed by atoms with Crippen LogP contribution in [0.15, 0.2) is 48.7 Å². The van der Waals surface area contributed by atoms with E-state index in [0.29, 0.717) is 16.4 Å². The minimum absolute atomic E-state index is 0.247. The van der Waals surface area contributed by atoms with Gasteiger partial charge in [0.15, 0.2) is 0 Å². The lowest BCUT2D eigenvalue weighted by molar-refractivity contribution is 0.102. The van der Waals surface area contributed by atoms with Gasteiger partial charge in [-0.15, -0.1) is 0 Å². The standard InChI is InChI=1S/C12H9ClN2O/c13-9-4-3-5-10(8-9)15-12(16)11-6-1-2-7-14-11/h1-8H,(H,15,16). The molecule has 3 nitrogen and oxygen atoms in total. The minimum atomic E-state index is -0.247. The average molecular weight is 233 g/mol. The van der Waals surface area contributed by atoms with Gasteiger partial charge < -0.3 is 5.32 Å². The molecule has 0 radical (unpaired) electrons. The molecule has 1 heterocycles. The zero-order valence-electron chi connectivity index (χ0n) is 8.35. The second-order valence-corrected chi connectivity index (χ2v) is 3.62. The Kier molecular flexibility index (Phi) is 3.17. The number of amides is 1. The van der Waals surface area contributed by atoms with E-state index in [2.05, 4.69) is 10.3 Å². The highest BCUT2D eigenvalue weighted by Gasteiger charge is 2.06. The van der Waals surface area contributed by atoms with Crippen molar-refractivity contribution in [1.82, 2.24) is 4.98 Å². The number of nitrogens with zero attached hydrogens (tertiary/aromatic N) is 1. The Labute approximate surface area is 98.1 Å². The van der Waals surface area contributed by atoms with Crippen molar-refractivity contribution in [2.75, 3.05) is 5.32 Å². The molecule has 16 heavy (non-hydrogen) atoms. The minimum Gasteiger partial charge on any atom is -0.321 e. The number of hydrogen-bond acceptors (Lipinski definition) is 2. The summed E-state index contributed by atoms with van der Waals surface area (Å²) in [7, 11) is 0. The first-order valence-electron chi connectivity index (χ1n) is 4.73. The Morgan fingerprint density at radius 1 is 1.19 bits per heavy atom. The van der Waals surface area contributed by atoms with Crippen LogP contribution >= 0.6 is 11.6 Å². The molecule has 0 aliphatic heterocycles. The van der Waals surface area contributed by atoms with E-state index in [4.69, 9.17) is 11.6 Å². The maximum atomic E-state index is 11.7. The zero-order valence-corrected chi connectivity index (χ0v) is 9.11. The molecule has 0 atom stereocenters. The number of carbonyl (C=O) groups excluding carboxylic acids is 1. The Morgan fingerprint density at radius 2 is 2.06 bits per heavy atom. The second-order valence-electron chi connectivity index (χ2n) is 3.18. The summed E-state index contributed by atoms with van der Waals surface area (Å²) in [4.78, 5) is 15.7. The van der Waals surface area contributed by atoms with E-state index < -0.39 is 0 Å². The van der Waals surface area contributed by atoms with Gasteiger partial charge in [0.05, 0.1) is 0 Å². The SMILES string of the molecule is O=C(Nc1cccc(Cl)c1)c1ccccn1. The second kappa shape index (κ2) is 4.77. The normalized spacial score (nSPS) is 9.81. The number of anilines is 1. The van der Waals surface area contributed by atoms with Crippen molar-refractivity contribution < 1.29 is 4.79 Å². The summed E-state index contributed by atoms with van der Waals surface area (Å²) in [6.45, 7) is 0. The fourth-order valence-electron chi connectivity index (χ4n) is 1.26. The summed E-state index contributed by atoms with van der Waals surface area (Å²) < 4.78 is 0. The molecule has 1 aromatic heterocycles. The van der Waals surface area contributed by atoms with E-state index in [0.717, 1.165) is 0 Å². The molecule has 0 saturated heterocycles. The van der Waals surface area contributed by atoms with Crippen molar-refractivity contribution in [3.63, 3.8) is 0 Å². The van der Waals surface area contributed by atoms with E-state index in [9.17, 15) is 4.79 Å². The van der Waals surface area contributed by atoms with Crippen molar-refractivity contribution in [1.29, 1.82) is 0 Å². The van der Waals surface area contributed by atoms with E-state index >= 15 is 0 Å². The number of benzene rings is 1. The Bertz CT molecular complexity index is 499. The van der Waals surface area contributed by atoms with Crippen LogP contribution in [0.25, 0.3) is 0 Å². The topological polar surface area (TPSA) is 42.0 Å². The van der Waals surface area contributed by atoms with Crippen molar-refractivity contribution in [2.24, 2.45) is 0 Å². The summed E-state index contributed by atoms with van der Waals surface area (Å²) >= 11 is 5.81. The van der Waals surface area contributed by atoms with E-state index in [1.165, 1.54) is 0 Å². The van der Waals surface area contributed by atoms with E-state index in [-0.39, 0.29) is 5.91 Å². The van der Waals surface area contributed by atoms with Gasteiger partial charge in [-0.3, -0.25) is 9.78 Å². The summed E-state index contributed by atoms with van der Waals surface area (Å²) in [5.74, 6) is -0.247. The van der Waals surface area contributed by atoms with Crippen molar-refractivity contribution >= 4 is 23.2 Å². The first-order valence-corrected chi connectivity index (χ1v) is 5.11. The van der Waals surface area contributed by atoms with Crippen LogP contribution in [0.3, 0.4) is 0 Å². The van der Waals surface area contributed by atoms with Gasteiger partial charge >= 0.3 is 0 Å². The molecule has 0 aliphatic carbocycles. The highest BCUT2D eigenvalue weighted by Crippen LogP contribution is 2.15. The molecule has 2 rings (SSSR count). The molecular weight excluding hydrogens is 224 g/mol. The van der Waals surface area contributed by atoms with Crippen LogP contribution in [-0.2, 0) is 0 Å². The van der Waals surface area contributed by atoms with Crippen LogP contribution in [0.4, 0.5) is 5.69 Å². The molecule has 0 fully saturated rings. The molecule has 0 spiro atoms. The van der Waals surface area contributed by atoms with Crippen molar-refractivity contribution in [3.8, 4) is 0 Å². The Morgan fingerprint density at radius 3 is 2.75 bits per heavy atom. The summed E-state index contributed by atoms with van der Waals surface area (Å²) in [6, 6.07) is 12.2. The largest absolute Gasteiger partial charge is 0.321 e. The first kappa shape index (κ1) is 10.6. The zero-order chi connectivity index (χ0) is 11.4. The third kappa shape index (κ3) is 2.58. The number of nitrogens with one attached hydrogen (secondary N) is 1. The number of aromatic nitrogens is 1. The molecule has 0 saturated carbocycles. The highest BCUT2D eigenvalue weighted by atomic mass is 35.5. The van der Waals surface area contributed by atoms with E-state index in [1.807, 2.05) is 0 Å². The van der Waals surface area contributed by atoms with Crippen molar-refractivity contribution in [3.05, 3.63) is 59.4 Å². The van der Waals surface area contributed by atoms with Gasteiger partial charge in [0.2, 0.25) is 0 Å². The number of carbonyl (C=O) groups is 1. The molecule has 0 unspecified atom stereocenters. The maximum Gasteiger partial charge on any atom is 0.274 e. The van der Waals surface area contributed by atoms with Gasteiger partial charge in [-0.1, -0.05) is 23.7 Å². The van der Waals surface area contributed by atoms with Gasteiger partial charge in [0.1, 0.15) is 5.69 Å². The molecule has 1 aromatic carbocycles. The third-order valence-corrected chi connectivity index (χ3v) is 2.22. The lowest BCUT2D eigenvalue weighted by Gasteiger charge is -2.04. The molecule has 0 aliphatic rings. The summed E-state index contributed by atoms with van der Waals surface area (Å²) in [5.41, 5.74) is 1.03. The molecule has 4 heteroatoms. The first-order chi connectivity index (χ1) is 7.75. The molecule has 0 bridgehead atoms. The van der Waals surface area contributed by atoms with Crippen LogP contribution in [0.5, 0.6) is 0 Å². The summed E-state index contributed by atoms with van der Waals surface area (Å²) in [5, 5.41) is 3.30. The molecule has 1 N–H and O–H groups in total. The number of halogens is 1. The number of hydrogen-bond donors (Lipinski definition) is 1. The summed E-state index contributed by atoms with van der Waals surface area (Å²) in [6.07, 6.45) is 1.58. The lowest BCUT2D eigenvalue weighted by Crippen LogP contribution is -2.13. The Hall–Kier alpha value is -1.87. The predicted octanol–water partition coefficient (Wildman–Crippen LogP) is 2.99. The van der Waals surface area contributed by atoms with Gasteiger partial charge in [0.25, 0.3) is 5.91 Å². The predicted molar refractivity (Wildman–Crippen MR) is 63.6 cm³/mol. The smallest absolute Gasteiger partial charge is 0.274 e. The molecule has 1 amide bonds. The number of rotatable bonds is 2. The maximum absolute atomic E-state index is 11.7. The van der Waals surface area contributed by atoms with Gasteiger partial charge in [-0.25, -0.2) is 0 Å². The van der Waals surface area contributed by atoms with Crippen molar-refractivity contribution in [2.45, 2.75) is 0 Å². The number of pyridine rings is 1. The lowest BCUT2D eigenvalue weighted by atomic mass is 10.3. The highest BCUT2D eigenvalue weighted by molar-refractivity contribution is 6.30. The van der Waals surface area contributed by atoms with Crippen LogP contribution in [0.2, 0.25) is 5.02 Å². The van der Waals surface area contributed by atoms with Crippen LogP contribution < -0.4 is 5.32 Å². The fraction of sp³-hybridized carbons (Fsp3) is 0. The molecule has 2 aromatic rings. The third-order valence-electron chi connectivity index (χ3n) is 1.98. The van der Waals surface area contributed by atoms with Crippen LogP contribution in [-0.4, -0.2) is 10.9 Å². The molecule has 80 valence electrons. The van der Waals surface area contributed by atoms with Crippen LogP contribution in [0, 0.1) is 0 Å². The Balaban J connectivity index is 2.14. The van der Waals surface area contributed by atoms with E-state index in [1.54, 1.807) is 48.7 Å². The van der Waals surface area contributed by atoms with Gasteiger partial charge in [-0.05, 0) is 30.3 Å². The van der Waals surface area contributed by atoms with Gasteiger partial charge in [0, 0.05) is 16.9 Å². The quantitative estimate of drug-likeness (QED) is 0.865. The molecular formula is C12H9ClN2O. The monoisotopic (exact) mass is 232 g/mol. The van der Waals surface area contributed by atoms with Gasteiger partial charge in [-0.2, -0.15) is 0 Å². The van der Waals surface area contributed by atoms with Crippen LogP contribution in [0.1, 0.15) is 10.5 Å². The average Bonchev–Trinajstić information content (AvgIpc) is 2.30.